The molecule has 154 valence electrons. The van der Waals surface area contributed by atoms with Crippen molar-refractivity contribution in [1.29, 1.82) is 0 Å². The Labute approximate surface area is 178 Å². The van der Waals surface area contributed by atoms with Crippen LogP contribution in [0.1, 0.15) is 34.6 Å². The fourth-order valence-electron chi connectivity index (χ4n) is 3.28. The van der Waals surface area contributed by atoms with E-state index >= 15 is 0 Å². The lowest BCUT2D eigenvalue weighted by Gasteiger charge is -2.32. The number of rotatable bonds is 6. The second-order valence-electron chi connectivity index (χ2n) is 7.34. The van der Waals surface area contributed by atoms with E-state index in [0.717, 1.165) is 0 Å². The molecule has 0 saturated carbocycles. The number of carbonyl (C=O) groups excluding carboxylic acids is 1. The predicted octanol–water partition coefficient (Wildman–Crippen LogP) is 3.89. The number of carbonyl (C=O) groups is 1. The average molecular weight is 434 g/mol. The van der Waals surface area contributed by atoms with Gasteiger partial charge in [0.15, 0.2) is 10.8 Å². The van der Waals surface area contributed by atoms with Crippen molar-refractivity contribution in [3.63, 3.8) is 0 Å². The van der Waals surface area contributed by atoms with Crippen LogP contribution in [0.4, 0.5) is 0 Å². The quantitative estimate of drug-likeness (QED) is 0.471. The Morgan fingerprint density at radius 1 is 1.21 bits per heavy atom. The van der Waals surface area contributed by atoms with Crippen molar-refractivity contribution >= 4 is 40.3 Å². The molecule has 0 aliphatic heterocycles. The standard InChI is InChI=1S/C20H24ClN5O2S/c1-11(2)25(12(3)4)19(28)13(5)29-20-23-17-16(18(27)24-20)10-22-26(17)15-8-6-7-14(21)9-15/h6-13H,1-5H3,(H,23,24,27)/t13-/m1/s1. The van der Waals surface area contributed by atoms with Crippen LogP contribution in [0.5, 0.6) is 0 Å². The van der Waals surface area contributed by atoms with E-state index in [4.69, 9.17) is 11.6 Å². The van der Waals surface area contributed by atoms with Gasteiger partial charge in [0.25, 0.3) is 5.56 Å². The Hall–Kier alpha value is -2.32. The van der Waals surface area contributed by atoms with Gasteiger partial charge in [-0.15, -0.1) is 0 Å². The van der Waals surface area contributed by atoms with Crippen molar-refractivity contribution in [3.05, 3.63) is 45.8 Å². The summed E-state index contributed by atoms with van der Waals surface area (Å²) in [5.41, 5.74) is 0.828. The molecule has 0 saturated heterocycles. The zero-order valence-electron chi connectivity index (χ0n) is 17.0. The minimum atomic E-state index is -0.400. The molecule has 0 fully saturated rings. The van der Waals surface area contributed by atoms with Gasteiger partial charge >= 0.3 is 0 Å². The molecule has 7 nitrogen and oxygen atoms in total. The van der Waals surface area contributed by atoms with Crippen molar-refractivity contribution < 1.29 is 4.79 Å². The molecule has 29 heavy (non-hydrogen) atoms. The second kappa shape index (κ2) is 8.59. The van der Waals surface area contributed by atoms with Crippen LogP contribution in [0, 0.1) is 0 Å². The number of H-pyrrole nitrogens is 1. The van der Waals surface area contributed by atoms with Crippen LogP contribution in [-0.2, 0) is 4.79 Å². The molecule has 1 amide bonds. The second-order valence-corrected chi connectivity index (χ2v) is 9.10. The number of hydrogen-bond acceptors (Lipinski definition) is 5. The lowest BCUT2D eigenvalue weighted by atomic mass is 10.2. The fraction of sp³-hybridized carbons (Fsp3) is 0.400. The van der Waals surface area contributed by atoms with E-state index in [1.165, 1.54) is 18.0 Å². The summed E-state index contributed by atoms with van der Waals surface area (Å²) in [4.78, 5) is 34.6. The molecule has 3 aromatic rings. The molecule has 3 rings (SSSR count). The van der Waals surface area contributed by atoms with Crippen LogP contribution >= 0.6 is 23.4 Å². The van der Waals surface area contributed by atoms with E-state index in [-0.39, 0.29) is 23.6 Å². The average Bonchev–Trinajstić information content (AvgIpc) is 3.05. The molecule has 1 aromatic carbocycles. The van der Waals surface area contributed by atoms with Crippen molar-refractivity contribution in [2.45, 2.75) is 57.1 Å². The maximum absolute atomic E-state index is 12.9. The number of aromatic amines is 1. The van der Waals surface area contributed by atoms with Crippen LogP contribution in [0.25, 0.3) is 16.7 Å². The molecule has 2 heterocycles. The van der Waals surface area contributed by atoms with Gasteiger partial charge in [0.1, 0.15) is 5.39 Å². The minimum Gasteiger partial charge on any atom is -0.337 e. The SMILES string of the molecule is CC(C)N(C(=O)[C@@H](C)Sc1nc2c(cnn2-c2cccc(Cl)c2)c(=O)[nH]1)C(C)C. The molecule has 2 aromatic heterocycles. The first-order valence-electron chi connectivity index (χ1n) is 9.42. The molecule has 0 radical (unpaired) electrons. The molecule has 1 atom stereocenters. The van der Waals surface area contributed by atoms with E-state index in [9.17, 15) is 9.59 Å². The highest BCUT2D eigenvalue weighted by Gasteiger charge is 2.26. The molecule has 0 aliphatic rings. The van der Waals surface area contributed by atoms with Crippen LogP contribution in [0.15, 0.2) is 40.4 Å². The van der Waals surface area contributed by atoms with Crippen molar-refractivity contribution in [2.24, 2.45) is 0 Å². The normalized spacial score (nSPS) is 12.7. The summed E-state index contributed by atoms with van der Waals surface area (Å²) < 4.78 is 1.57. The molecule has 1 N–H and O–H groups in total. The minimum absolute atomic E-state index is 0.00564. The van der Waals surface area contributed by atoms with E-state index in [1.54, 1.807) is 22.9 Å². The van der Waals surface area contributed by atoms with Gasteiger partial charge in [-0.05, 0) is 52.8 Å². The van der Waals surface area contributed by atoms with Crippen LogP contribution in [0.3, 0.4) is 0 Å². The largest absolute Gasteiger partial charge is 0.337 e. The maximum atomic E-state index is 12.9. The summed E-state index contributed by atoms with van der Waals surface area (Å²) in [6.45, 7) is 9.79. The van der Waals surface area contributed by atoms with Gasteiger partial charge in [-0.25, -0.2) is 9.67 Å². The molecule has 0 aliphatic carbocycles. The number of hydrogen-bond donors (Lipinski definition) is 1. The monoisotopic (exact) mass is 433 g/mol. The number of nitrogens with one attached hydrogen (secondary N) is 1. The third-order valence-electron chi connectivity index (χ3n) is 4.47. The summed E-state index contributed by atoms with van der Waals surface area (Å²) in [6.07, 6.45) is 1.48. The van der Waals surface area contributed by atoms with Crippen LogP contribution < -0.4 is 5.56 Å². The summed E-state index contributed by atoms with van der Waals surface area (Å²) in [5.74, 6) is 0.00564. The first-order valence-corrected chi connectivity index (χ1v) is 10.7. The Balaban J connectivity index is 1.96. The van der Waals surface area contributed by atoms with E-state index in [2.05, 4.69) is 15.1 Å². The van der Waals surface area contributed by atoms with Crippen molar-refractivity contribution in [1.82, 2.24) is 24.6 Å². The molecular formula is C20H24ClN5O2S. The summed E-state index contributed by atoms with van der Waals surface area (Å²) in [7, 11) is 0. The first-order chi connectivity index (χ1) is 13.7. The highest BCUT2D eigenvalue weighted by Crippen LogP contribution is 2.24. The zero-order chi connectivity index (χ0) is 21.3. The van der Waals surface area contributed by atoms with Gasteiger partial charge in [0, 0.05) is 17.1 Å². The zero-order valence-corrected chi connectivity index (χ0v) is 18.6. The number of fused-ring (bicyclic) bond motifs is 1. The Morgan fingerprint density at radius 3 is 2.52 bits per heavy atom. The summed E-state index contributed by atoms with van der Waals surface area (Å²) in [5, 5.41) is 5.20. The molecule has 0 spiro atoms. The number of halogens is 1. The van der Waals surface area contributed by atoms with Gasteiger partial charge in [0.05, 0.1) is 17.1 Å². The highest BCUT2D eigenvalue weighted by atomic mass is 35.5. The van der Waals surface area contributed by atoms with Gasteiger partial charge in [-0.1, -0.05) is 29.4 Å². The Kier molecular flexibility index (Phi) is 6.33. The van der Waals surface area contributed by atoms with Crippen molar-refractivity contribution in [2.75, 3.05) is 0 Å². The number of aromatic nitrogens is 4. The topological polar surface area (TPSA) is 83.9 Å². The van der Waals surface area contributed by atoms with Gasteiger partial charge in [-0.3, -0.25) is 9.59 Å². The Morgan fingerprint density at radius 2 is 1.90 bits per heavy atom. The number of benzene rings is 1. The maximum Gasteiger partial charge on any atom is 0.262 e. The Bertz CT molecular complexity index is 1080. The van der Waals surface area contributed by atoms with Gasteiger partial charge in [-0.2, -0.15) is 5.10 Å². The van der Waals surface area contributed by atoms with Crippen LogP contribution in [-0.4, -0.2) is 47.9 Å². The van der Waals surface area contributed by atoms with Gasteiger partial charge < -0.3 is 9.88 Å². The predicted molar refractivity (Wildman–Crippen MR) is 117 cm³/mol. The molecule has 0 unspecified atom stereocenters. The lowest BCUT2D eigenvalue weighted by molar-refractivity contribution is -0.133. The summed E-state index contributed by atoms with van der Waals surface area (Å²) in [6, 6.07) is 7.33. The van der Waals surface area contributed by atoms with E-state index in [0.29, 0.717) is 26.9 Å². The molecule has 9 heteroatoms. The van der Waals surface area contributed by atoms with Crippen molar-refractivity contribution in [3.8, 4) is 5.69 Å². The third-order valence-corrected chi connectivity index (χ3v) is 5.68. The first kappa shape index (κ1) is 21.4. The van der Waals surface area contributed by atoms with Gasteiger partial charge in [0.2, 0.25) is 5.91 Å². The fourth-order valence-corrected chi connectivity index (χ4v) is 4.32. The number of nitrogens with zero attached hydrogens (tertiary/aromatic N) is 4. The molecule has 0 bridgehead atoms. The third kappa shape index (κ3) is 4.48. The van der Waals surface area contributed by atoms with E-state index < -0.39 is 5.25 Å². The van der Waals surface area contributed by atoms with Crippen LogP contribution in [0.2, 0.25) is 5.02 Å². The number of thioether (sulfide) groups is 1. The van der Waals surface area contributed by atoms with E-state index in [1.807, 2.05) is 45.6 Å². The smallest absolute Gasteiger partial charge is 0.262 e. The molecular weight excluding hydrogens is 410 g/mol. The number of amides is 1. The highest BCUT2D eigenvalue weighted by molar-refractivity contribution is 8.00. The lowest BCUT2D eigenvalue weighted by Crippen LogP contribution is -2.45. The summed E-state index contributed by atoms with van der Waals surface area (Å²) >= 11 is 7.31.